The van der Waals surface area contributed by atoms with Crippen LogP contribution in [-0.4, -0.2) is 36.4 Å². The molecular formula is C12H18N4O. The molecule has 5 heteroatoms. The summed E-state index contributed by atoms with van der Waals surface area (Å²) < 4.78 is 5.11. The molecule has 2 N–H and O–H groups in total. The molecule has 2 aliphatic rings. The first-order chi connectivity index (χ1) is 8.28. The summed E-state index contributed by atoms with van der Waals surface area (Å²) in [5.74, 6) is 1.84. The molecule has 5 nitrogen and oxygen atoms in total. The fourth-order valence-electron chi connectivity index (χ4n) is 3.09. The highest BCUT2D eigenvalue weighted by molar-refractivity contribution is 5.47. The molecule has 2 atom stereocenters. The van der Waals surface area contributed by atoms with Crippen LogP contribution < -0.4 is 15.4 Å². The van der Waals surface area contributed by atoms with Gasteiger partial charge in [0, 0.05) is 25.2 Å². The molecule has 1 aromatic heterocycles. The first-order valence-electron chi connectivity index (χ1n) is 6.15. The Balaban J connectivity index is 1.81. The van der Waals surface area contributed by atoms with Gasteiger partial charge in [0.05, 0.1) is 19.0 Å². The fourth-order valence-corrected chi connectivity index (χ4v) is 3.09. The Hall–Kier alpha value is -1.36. The Labute approximate surface area is 101 Å². The van der Waals surface area contributed by atoms with Crippen molar-refractivity contribution in [1.82, 2.24) is 10.2 Å². The molecule has 0 unspecified atom stereocenters. The average molecular weight is 234 g/mol. The van der Waals surface area contributed by atoms with Gasteiger partial charge in [0.1, 0.15) is 0 Å². The molecule has 1 aliphatic heterocycles. The van der Waals surface area contributed by atoms with Crippen LogP contribution in [0.25, 0.3) is 0 Å². The zero-order valence-corrected chi connectivity index (χ0v) is 10.0. The molecule has 2 fully saturated rings. The van der Waals surface area contributed by atoms with Crippen molar-refractivity contribution < 1.29 is 4.74 Å². The summed E-state index contributed by atoms with van der Waals surface area (Å²) in [6.45, 7) is 2.07. The van der Waals surface area contributed by atoms with Crippen LogP contribution in [0.15, 0.2) is 12.3 Å². The molecule has 1 aromatic rings. The minimum Gasteiger partial charge on any atom is -0.480 e. The molecule has 17 heavy (non-hydrogen) atoms. The standard InChI is InChI=1S/C12H18N4O/c1-17-11-4-10(5-14-15-11)16-6-8-2-3-9(7-16)12(8)13/h4-5,8-9,12H,2-3,6-7,13H2,1H3/t8-,9-/m1/s1. The number of rotatable bonds is 2. The molecule has 0 radical (unpaired) electrons. The minimum absolute atomic E-state index is 0.392. The Morgan fingerprint density at radius 3 is 2.71 bits per heavy atom. The van der Waals surface area contributed by atoms with Crippen molar-refractivity contribution in [1.29, 1.82) is 0 Å². The molecule has 92 valence electrons. The molecule has 2 heterocycles. The van der Waals surface area contributed by atoms with Gasteiger partial charge in [0.25, 0.3) is 0 Å². The monoisotopic (exact) mass is 234 g/mol. The molecule has 2 bridgehead atoms. The minimum atomic E-state index is 0.392. The lowest BCUT2D eigenvalue weighted by Gasteiger charge is -2.37. The summed E-state index contributed by atoms with van der Waals surface area (Å²) in [4.78, 5) is 2.36. The first-order valence-corrected chi connectivity index (χ1v) is 6.15. The van der Waals surface area contributed by atoms with Crippen LogP contribution >= 0.6 is 0 Å². The van der Waals surface area contributed by atoms with Crippen LogP contribution in [0.5, 0.6) is 5.88 Å². The quantitative estimate of drug-likeness (QED) is 0.814. The zero-order valence-electron chi connectivity index (χ0n) is 10.0. The van der Waals surface area contributed by atoms with E-state index in [1.54, 1.807) is 13.3 Å². The number of nitrogens with two attached hydrogens (primary N) is 1. The van der Waals surface area contributed by atoms with E-state index in [0.29, 0.717) is 23.8 Å². The molecule has 0 spiro atoms. The normalized spacial score (nSPS) is 31.6. The van der Waals surface area contributed by atoms with Crippen LogP contribution in [-0.2, 0) is 0 Å². The van der Waals surface area contributed by atoms with E-state index in [-0.39, 0.29) is 0 Å². The van der Waals surface area contributed by atoms with Crippen LogP contribution in [0.2, 0.25) is 0 Å². The van der Waals surface area contributed by atoms with Crippen LogP contribution in [0.3, 0.4) is 0 Å². The number of anilines is 1. The van der Waals surface area contributed by atoms with Gasteiger partial charge in [-0.15, -0.1) is 5.10 Å². The lowest BCUT2D eigenvalue weighted by Crippen LogP contribution is -2.48. The van der Waals surface area contributed by atoms with Crippen molar-refractivity contribution in [2.45, 2.75) is 18.9 Å². The molecule has 0 aromatic carbocycles. The van der Waals surface area contributed by atoms with E-state index in [1.165, 1.54) is 12.8 Å². The van der Waals surface area contributed by atoms with Gasteiger partial charge in [-0.2, -0.15) is 5.10 Å². The Morgan fingerprint density at radius 2 is 2.06 bits per heavy atom. The van der Waals surface area contributed by atoms with E-state index in [4.69, 9.17) is 10.5 Å². The van der Waals surface area contributed by atoms with E-state index in [1.807, 2.05) is 6.07 Å². The molecular weight excluding hydrogens is 216 g/mol. The summed E-state index contributed by atoms with van der Waals surface area (Å²) >= 11 is 0. The molecule has 1 saturated heterocycles. The Bertz CT molecular complexity index is 397. The SMILES string of the molecule is COc1cc(N2C[C@H]3CC[C@H](C2)C3N)cnn1. The highest BCUT2D eigenvalue weighted by Gasteiger charge is 2.39. The molecule has 0 amide bonds. The number of fused-ring (bicyclic) bond motifs is 2. The van der Waals surface area contributed by atoms with Gasteiger partial charge in [-0.25, -0.2) is 0 Å². The number of nitrogens with zero attached hydrogens (tertiary/aromatic N) is 3. The number of methoxy groups -OCH3 is 1. The van der Waals surface area contributed by atoms with E-state index in [2.05, 4.69) is 15.1 Å². The second kappa shape index (κ2) is 4.14. The van der Waals surface area contributed by atoms with Gasteiger partial charge in [0.15, 0.2) is 0 Å². The first kappa shape index (κ1) is 10.8. The number of aromatic nitrogens is 2. The summed E-state index contributed by atoms with van der Waals surface area (Å²) in [5.41, 5.74) is 7.30. The van der Waals surface area contributed by atoms with Crippen molar-refractivity contribution in [3.05, 3.63) is 12.3 Å². The van der Waals surface area contributed by atoms with Gasteiger partial charge in [-0.05, 0) is 24.7 Å². The second-order valence-corrected chi connectivity index (χ2v) is 5.04. The maximum Gasteiger partial charge on any atom is 0.235 e. The second-order valence-electron chi connectivity index (χ2n) is 5.04. The van der Waals surface area contributed by atoms with Gasteiger partial charge in [-0.1, -0.05) is 0 Å². The number of ether oxygens (including phenoxy) is 1. The Kier molecular flexibility index (Phi) is 2.63. The van der Waals surface area contributed by atoms with Crippen molar-refractivity contribution in [3.8, 4) is 5.88 Å². The predicted octanol–water partition coefficient (Wildman–Crippen LogP) is 0.659. The summed E-state index contributed by atoms with van der Waals surface area (Å²) in [6, 6.07) is 2.34. The molecule has 1 saturated carbocycles. The van der Waals surface area contributed by atoms with Crippen LogP contribution in [0.4, 0.5) is 5.69 Å². The number of hydrogen-bond donors (Lipinski definition) is 1. The van der Waals surface area contributed by atoms with Crippen molar-refractivity contribution >= 4 is 5.69 Å². The van der Waals surface area contributed by atoms with Crippen molar-refractivity contribution in [2.75, 3.05) is 25.1 Å². The maximum absolute atomic E-state index is 6.20. The smallest absolute Gasteiger partial charge is 0.235 e. The van der Waals surface area contributed by atoms with Crippen LogP contribution in [0, 0.1) is 11.8 Å². The zero-order chi connectivity index (χ0) is 11.8. The van der Waals surface area contributed by atoms with Crippen molar-refractivity contribution in [3.63, 3.8) is 0 Å². The molecule has 1 aliphatic carbocycles. The highest BCUT2D eigenvalue weighted by Crippen LogP contribution is 2.37. The van der Waals surface area contributed by atoms with E-state index in [9.17, 15) is 0 Å². The Morgan fingerprint density at radius 1 is 1.35 bits per heavy atom. The van der Waals surface area contributed by atoms with Gasteiger partial charge in [-0.3, -0.25) is 0 Å². The predicted molar refractivity (Wildman–Crippen MR) is 65.0 cm³/mol. The van der Waals surface area contributed by atoms with Gasteiger partial charge < -0.3 is 15.4 Å². The topological polar surface area (TPSA) is 64.3 Å². The summed E-state index contributed by atoms with van der Waals surface area (Å²) in [7, 11) is 1.61. The largest absolute Gasteiger partial charge is 0.480 e. The number of hydrogen-bond acceptors (Lipinski definition) is 5. The van der Waals surface area contributed by atoms with Crippen LogP contribution in [0.1, 0.15) is 12.8 Å². The van der Waals surface area contributed by atoms with Crippen molar-refractivity contribution in [2.24, 2.45) is 17.6 Å². The summed E-state index contributed by atoms with van der Waals surface area (Å²) in [5, 5.41) is 7.87. The van der Waals surface area contributed by atoms with E-state index in [0.717, 1.165) is 18.8 Å². The third-order valence-electron chi connectivity index (χ3n) is 4.10. The third kappa shape index (κ3) is 1.84. The maximum atomic E-state index is 6.20. The summed E-state index contributed by atoms with van der Waals surface area (Å²) in [6.07, 6.45) is 4.33. The van der Waals surface area contributed by atoms with E-state index >= 15 is 0 Å². The van der Waals surface area contributed by atoms with Gasteiger partial charge in [0.2, 0.25) is 5.88 Å². The van der Waals surface area contributed by atoms with Gasteiger partial charge >= 0.3 is 0 Å². The van der Waals surface area contributed by atoms with E-state index < -0.39 is 0 Å². The lowest BCUT2D eigenvalue weighted by atomic mass is 9.93. The number of piperidine rings is 1. The fraction of sp³-hybridized carbons (Fsp3) is 0.667. The lowest BCUT2D eigenvalue weighted by molar-refractivity contribution is 0.354. The molecule has 3 rings (SSSR count). The average Bonchev–Trinajstić information content (AvgIpc) is 2.61. The highest BCUT2D eigenvalue weighted by atomic mass is 16.5. The third-order valence-corrected chi connectivity index (χ3v) is 4.10.